The van der Waals surface area contributed by atoms with Crippen molar-refractivity contribution in [1.29, 1.82) is 0 Å². The zero-order valence-corrected chi connectivity index (χ0v) is 23.0. The van der Waals surface area contributed by atoms with Crippen LogP contribution >= 0.6 is 0 Å². The molecule has 210 valence electrons. The molecule has 1 unspecified atom stereocenters. The fraction of sp³-hybridized carbons (Fsp3) is 0.500. The summed E-state index contributed by atoms with van der Waals surface area (Å²) in [6.45, 7) is 12.3. The first kappa shape index (κ1) is 27.7. The third kappa shape index (κ3) is 5.17. The number of hydrogen-bond acceptors (Lipinski definition) is 6. The fourth-order valence-electron chi connectivity index (χ4n) is 6.03. The van der Waals surface area contributed by atoms with E-state index in [-0.39, 0.29) is 42.1 Å². The van der Waals surface area contributed by atoms with Crippen LogP contribution in [0.25, 0.3) is 10.6 Å². The highest BCUT2D eigenvalue weighted by Crippen LogP contribution is 2.46. The topological polar surface area (TPSA) is 94.0 Å². The molecule has 1 fully saturated rings. The molecule has 10 heteroatoms. The van der Waals surface area contributed by atoms with Crippen molar-refractivity contribution in [3.63, 3.8) is 0 Å². The first-order valence-electron chi connectivity index (χ1n) is 13.8. The number of carbonyl (C=O) groups excluding carboxylic acids is 1. The van der Waals surface area contributed by atoms with Crippen LogP contribution in [0.2, 0.25) is 0 Å². The van der Waals surface area contributed by atoms with Crippen molar-refractivity contribution in [2.75, 3.05) is 0 Å². The van der Waals surface area contributed by atoms with E-state index < -0.39 is 28.7 Å². The third-order valence-electron chi connectivity index (χ3n) is 8.32. The average molecular weight is 550 g/mol. The van der Waals surface area contributed by atoms with Gasteiger partial charge in [0.15, 0.2) is 5.82 Å². The molecule has 3 heterocycles. The van der Waals surface area contributed by atoms with E-state index >= 15 is 0 Å². The Morgan fingerprint density at radius 1 is 1.23 bits per heavy atom. The third-order valence-corrected chi connectivity index (χ3v) is 8.32. The number of aryl methyl sites for hydroxylation is 2. The lowest BCUT2D eigenvalue weighted by Gasteiger charge is -2.41. The monoisotopic (exact) mass is 549 g/mol. The number of benzene rings is 1. The van der Waals surface area contributed by atoms with E-state index in [1.54, 1.807) is 10.7 Å². The summed E-state index contributed by atoms with van der Waals surface area (Å²) in [6.07, 6.45) is 8.70. The molecule has 8 nitrogen and oxygen atoms in total. The largest absolute Gasteiger partial charge is 0.512 e. The maximum atomic E-state index is 14.9. The van der Waals surface area contributed by atoms with Gasteiger partial charge in [-0.1, -0.05) is 19.8 Å². The van der Waals surface area contributed by atoms with Crippen LogP contribution in [0.15, 0.2) is 35.9 Å². The van der Waals surface area contributed by atoms with Gasteiger partial charge in [0, 0.05) is 39.1 Å². The summed E-state index contributed by atoms with van der Waals surface area (Å²) in [5.41, 5.74) is -1.04. The Hall–Kier alpha value is -3.87. The van der Waals surface area contributed by atoms with Crippen molar-refractivity contribution >= 4 is 11.7 Å². The van der Waals surface area contributed by atoms with Gasteiger partial charge >= 0.3 is 5.97 Å². The van der Waals surface area contributed by atoms with E-state index in [0.29, 0.717) is 23.6 Å². The van der Waals surface area contributed by atoms with Gasteiger partial charge in [-0.25, -0.2) is 29.6 Å². The van der Waals surface area contributed by atoms with Gasteiger partial charge in [0.1, 0.15) is 28.6 Å². The Kier molecular flexibility index (Phi) is 7.34. The number of aromatic nitrogens is 4. The van der Waals surface area contributed by atoms with Crippen LogP contribution in [0.3, 0.4) is 0 Å². The van der Waals surface area contributed by atoms with Crippen LogP contribution < -0.4 is 0 Å². The van der Waals surface area contributed by atoms with Crippen molar-refractivity contribution < 1.29 is 23.4 Å². The molecule has 1 N–H and O–H groups in total. The van der Waals surface area contributed by atoms with Crippen molar-refractivity contribution in [1.82, 2.24) is 19.6 Å². The summed E-state index contributed by atoms with van der Waals surface area (Å²) in [4.78, 5) is 25.4. The number of hydrogen-bond donors (Lipinski definition) is 1. The van der Waals surface area contributed by atoms with E-state index in [1.807, 2.05) is 13.1 Å². The molecule has 0 spiro atoms. The SMILES string of the molecule is [C-]#[N+]C(C)(C)c1c(F)cc(CCC2(C3CCCC3)CC(O)=C(Cc3nc4ncc(CC)cn4n3)C(=O)O2)cc1F. The highest BCUT2D eigenvalue weighted by atomic mass is 19.1. The summed E-state index contributed by atoms with van der Waals surface area (Å²) >= 11 is 0. The van der Waals surface area contributed by atoms with Crippen LogP contribution in [0, 0.1) is 24.1 Å². The second-order valence-corrected chi connectivity index (χ2v) is 11.4. The highest BCUT2D eigenvalue weighted by molar-refractivity contribution is 5.90. The second-order valence-electron chi connectivity index (χ2n) is 11.4. The molecule has 0 bridgehead atoms. The maximum Gasteiger partial charge on any atom is 0.338 e. The molecule has 1 aromatic carbocycles. The Balaban J connectivity index is 1.40. The number of fused-ring (bicyclic) bond motifs is 1. The van der Waals surface area contributed by atoms with Crippen LogP contribution in [0.4, 0.5) is 8.78 Å². The summed E-state index contributed by atoms with van der Waals surface area (Å²) in [7, 11) is 0. The normalized spacial score (nSPS) is 20.2. The molecule has 1 atom stereocenters. The number of nitrogens with zero attached hydrogens (tertiary/aromatic N) is 5. The van der Waals surface area contributed by atoms with Crippen molar-refractivity contribution in [2.45, 2.75) is 89.7 Å². The lowest BCUT2D eigenvalue weighted by atomic mass is 9.76. The summed E-state index contributed by atoms with van der Waals surface area (Å²) in [5.74, 6) is -1.43. The van der Waals surface area contributed by atoms with Gasteiger partial charge in [0.25, 0.3) is 11.3 Å². The Bertz CT molecular complexity index is 1510. The number of halogens is 2. The summed E-state index contributed by atoms with van der Waals surface area (Å²) in [6, 6.07) is 2.51. The lowest BCUT2D eigenvalue weighted by Crippen LogP contribution is -2.46. The molecular formula is C30H33F2N5O3. The van der Waals surface area contributed by atoms with Gasteiger partial charge in [-0.15, -0.1) is 5.10 Å². The molecule has 0 radical (unpaired) electrons. The number of aliphatic hydroxyl groups excluding tert-OH is 1. The number of cyclic esters (lactones) is 1. The summed E-state index contributed by atoms with van der Waals surface area (Å²) < 4.78 is 37.5. The lowest BCUT2D eigenvalue weighted by molar-refractivity contribution is -0.167. The molecule has 1 aliphatic carbocycles. The molecule has 1 aliphatic heterocycles. The quantitative estimate of drug-likeness (QED) is 0.274. The van der Waals surface area contributed by atoms with E-state index in [0.717, 1.165) is 37.7 Å². The molecular weight excluding hydrogens is 516 g/mol. The molecule has 2 aromatic heterocycles. The zero-order chi connectivity index (χ0) is 28.7. The number of rotatable bonds is 8. The van der Waals surface area contributed by atoms with Crippen LogP contribution in [0.5, 0.6) is 0 Å². The minimum absolute atomic E-state index is 0.00492. The summed E-state index contributed by atoms with van der Waals surface area (Å²) in [5, 5.41) is 15.6. The van der Waals surface area contributed by atoms with Gasteiger partial charge < -0.3 is 14.7 Å². The van der Waals surface area contributed by atoms with Gasteiger partial charge in [0.2, 0.25) is 0 Å². The molecule has 2 aliphatic rings. The van der Waals surface area contributed by atoms with Crippen molar-refractivity contribution in [3.8, 4) is 0 Å². The number of ether oxygens (including phenoxy) is 1. The molecule has 0 amide bonds. The first-order valence-corrected chi connectivity index (χ1v) is 13.8. The van der Waals surface area contributed by atoms with Gasteiger partial charge in [-0.3, -0.25) is 0 Å². The Morgan fingerprint density at radius 3 is 2.55 bits per heavy atom. The van der Waals surface area contributed by atoms with Crippen LogP contribution in [0.1, 0.15) is 81.8 Å². The minimum atomic E-state index is -1.33. The smallest absolute Gasteiger partial charge is 0.338 e. The number of esters is 1. The Labute approximate surface area is 231 Å². The zero-order valence-electron chi connectivity index (χ0n) is 23.0. The molecule has 5 rings (SSSR count). The molecule has 40 heavy (non-hydrogen) atoms. The number of aliphatic hydroxyl groups is 1. The Morgan fingerprint density at radius 2 is 1.93 bits per heavy atom. The molecule has 0 saturated heterocycles. The van der Waals surface area contributed by atoms with Gasteiger partial charge in [-0.2, -0.15) is 4.98 Å². The molecule has 1 saturated carbocycles. The van der Waals surface area contributed by atoms with E-state index in [1.165, 1.54) is 26.0 Å². The highest BCUT2D eigenvalue weighted by Gasteiger charge is 2.48. The fourth-order valence-corrected chi connectivity index (χ4v) is 6.03. The minimum Gasteiger partial charge on any atom is -0.512 e. The van der Waals surface area contributed by atoms with Gasteiger partial charge in [0.05, 0.1) is 5.57 Å². The van der Waals surface area contributed by atoms with E-state index in [2.05, 4.69) is 19.9 Å². The maximum absolute atomic E-state index is 14.9. The first-order chi connectivity index (χ1) is 19.0. The van der Waals surface area contributed by atoms with Gasteiger partial charge in [-0.05, 0) is 61.3 Å². The second kappa shape index (κ2) is 10.6. The van der Waals surface area contributed by atoms with E-state index in [9.17, 15) is 18.7 Å². The van der Waals surface area contributed by atoms with E-state index in [4.69, 9.17) is 11.3 Å². The molecule has 3 aromatic rings. The van der Waals surface area contributed by atoms with Crippen LogP contribution in [-0.4, -0.2) is 36.3 Å². The standard InChI is InChI=1S/C30H33F2N5O3/c1-5-18-16-34-28-35-25(36-37(28)17-18)14-21-24(38)15-30(40-27(21)39,20-8-6-7-9-20)11-10-19-12-22(31)26(23(32)13-19)29(2,3)33-4/h12-13,16-17,20,38H,5-11,14-15H2,1-3H3. The predicted molar refractivity (Wildman–Crippen MR) is 143 cm³/mol. The number of carbonyl (C=O) groups is 1. The average Bonchev–Trinajstić information content (AvgIpc) is 3.59. The predicted octanol–water partition coefficient (Wildman–Crippen LogP) is 5.98. The van der Waals surface area contributed by atoms with Crippen LogP contribution in [-0.2, 0) is 34.3 Å². The van der Waals surface area contributed by atoms with Crippen molar-refractivity contribution in [2.24, 2.45) is 5.92 Å². The van der Waals surface area contributed by atoms with Crippen molar-refractivity contribution in [3.05, 3.63) is 81.4 Å².